The Morgan fingerprint density at radius 3 is 1.85 bits per heavy atom. The number of carboxylic acids is 1. The number of sulfone groups is 1. The molecule has 0 bridgehead atoms. The van der Waals surface area contributed by atoms with Crippen molar-refractivity contribution in [3.63, 3.8) is 0 Å². The zero-order chi connectivity index (χ0) is 19.6. The van der Waals surface area contributed by atoms with E-state index in [-0.39, 0.29) is 6.04 Å². The smallest absolute Gasteiger partial charge is 0.475 e. The molecule has 1 saturated carbocycles. The van der Waals surface area contributed by atoms with Crippen LogP contribution in [0.2, 0.25) is 0 Å². The zero-order valence-corrected chi connectivity index (χ0v) is 15.7. The van der Waals surface area contributed by atoms with Gasteiger partial charge in [-0.15, -0.1) is 0 Å². The molecule has 1 unspecified atom stereocenters. The Morgan fingerprint density at radius 1 is 0.923 bits per heavy atom. The molecule has 6 nitrogen and oxygen atoms in total. The van der Waals surface area contributed by atoms with E-state index in [0.717, 1.165) is 25.9 Å². The van der Waals surface area contributed by atoms with Gasteiger partial charge >= 0.3 is 12.1 Å². The van der Waals surface area contributed by atoms with Gasteiger partial charge in [0.2, 0.25) is 0 Å². The molecule has 154 valence electrons. The lowest BCUT2D eigenvalue weighted by Crippen LogP contribution is -2.43. The van der Waals surface area contributed by atoms with E-state index in [2.05, 4.69) is 10.6 Å². The lowest BCUT2D eigenvalue weighted by atomic mass is 10.1. The van der Waals surface area contributed by atoms with Crippen LogP contribution < -0.4 is 10.6 Å². The number of halogens is 3. The first-order chi connectivity index (χ1) is 12.1. The summed E-state index contributed by atoms with van der Waals surface area (Å²) in [6, 6.07) is 0.856. The van der Waals surface area contributed by atoms with Crippen molar-refractivity contribution in [1.82, 2.24) is 10.6 Å². The molecule has 0 radical (unpaired) electrons. The molecule has 1 saturated heterocycles. The molecule has 10 heteroatoms. The van der Waals surface area contributed by atoms with Crippen LogP contribution in [-0.4, -0.2) is 62.3 Å². The average Bonchev–Trinajstić information content (AvgIpc) is 2.79. The molecule has 3 N–H and O–H groups in total. The van der Waals surface area contributed by atoms with Gasteiger partial charge in [-0.05, 0) is 25.7 Å². The van der Waals surface area contributed by atoms with Crippen LogP contribution in [0.3, 0.4) is 0 Å². The summed E-state index contributed by atoms with van der Waals surface area (Å²) in [5, 5.41) is 14.1. The zero-order valence-electron chi connectivity index (χ0n) is 14.9. The molecule has 1 aliphatic heterocycles. The third kappa shape index (κ3) is 10.3. The Balaban J connectivity index is 0.000000412. The highest BCUT2D eigenvalue weighted by molar-refractivity contribution is 7.91. The minimum absolute atomic E-state index is 0.176. The fourth-order valence-corrected chi connectivity index (χ4v) is 4.89. The number of hydrogen-bond donors (Lipinski definition) is 3. The SMILES string of the molecule is O=C(O)C(F)(F)F.O=S1(=O)CCCC(NCCNC2CCCCCC2)C1. The maximum atomic E-state index is 11.5. The lowest BCUT2D eigenvalue weighted by Gasteiger charge is -2.24. The summed E-state index contributed by atoms with van der Waals surface area (Å²) < 4.78 is 54.8. The second kappa shape index (κ2) is 11.1. The molecule has 2 fully saturated rings. The third-order valence-electron chi connectivity index (χ3n) is 4.55. The highest BCUT2D eigenvalue weighted by atomic mass is 32.2. The summed E-state index contributed by atoms with van der Waals surface area (Å²) in [5.41, 5.74) is 0. The number of carbonyl (C=O) groups is 1. The largest absolute Gasteiger partial charge is 0.490 e. The van der Waals surface area contributed by atoms with Crippen LogP contribution in [0.4, 0.5) is 13.2 Å². The Labute approximate surface area is 152 Å². The van der Waals surface area contributed by atoms with Crippen molar-refractivity contribution in [3.05, 3.63) is 0 Å². The fraction of sp³-hybridized carbons (Fsp3) is 0.938. The van der Waals surface area contributed by atoms with Crippen molar-refractivity contribution in [2.24, 2.45) is 0 Å². The van der Waals surface area contributed by atoms with E-state index in [0.29, 0.717) is 17.5 Å². The second-order valence-electron chi connectivity index (χ2n) is 6.85. The van der Waals surface area contributed by atoms with E-state index in [1.165, 1.54) is 38.5 Å². The van der Waals surface area contributed by atoms with Gasteiger partial charge < -0.3 is 15.7 Å². The monoisotopic (exact) mass is 402 g/mol. The molecule has 0 amide bonds. The molecule has 2 rings (SSSR count). The maximum absolute atomic E-state index is 11.5. The van der Waals surface area contributed by atoms with Crippen LogP contribution in [0, 0.1) is 0 Å². The van der Waals surface area contributed by atoms with Crippen LogP contribution in [0.25, 0.3) is 0 Å². The van der Waals surface area contributed by atoms with Crippen LogP contribution in [0.15, 0.2) is 0 Å². The van der Waals surface area contributed by atoms with Crippen molar-refractivity contribution in [1.29, 1.82) is 0 Å². The van der Waals surface area contributed by atoms with Gasteiger partial charge in [0.05, 0.1) is 11.5 Å². The number of nitrogens with one attached hydrogen (secondary N) is 2. The molecule has 2 aliphatic rings. The summed E-state index contributed by atoms with van der Waals surface area (Å²) in [6.07, 6.45) is 4.82. The predicted octanol–water partition coefficient (Wildman–Crippen LogP) is 2.10. The van der Waals surface area contributed by atoms with Crippen LogP contribution >= 0.6 is 0 Å². The summed E-state index contributed by atoms with van der Waals surface area (Å²) in [7, 11) is -2.78. The summed E-state index contributed by atoms with van der Waals surface area (Å²) in [5.74, 6) is -2.05. The molecule has 1 atom stereocenters. The van der Waals surface area contributed by atoms with Crippen molar-refractivity contribution in [2.75, 3.05) is 24.6 Å². The Kier molecular flexibility index (Phi) is 9.88. The first-order valence-electron chi connectivity index (χ1n) is 9.07. The van der Waals surface area contributed by atoms with Crippen LogP contribution in [0.1, 0.15) is 51.4 Å². The van der Waals surface area contributed by atoms with Gasteiger partial charge in [-0.3, -0.25) is 0 Å². The van der Waals surface area contributed by atoms with E-state index in [9.17, 15) is 21.6 Å². The van der Waals surface area contributed by atoms with Gasteiger partial charge in [0.1, 0.15) is 0 Å². The molecule has 26 heavy (non-hydrogen) atoms. The van der Waals surface area contributed by atoms with E-state index < -0.39 is 22.0 Å². The van der Waals surface area contributed by atoms with Gasteiger partial charge in [0.25, 0.3) is 0 Å². The minimum atomic E-state index is -5.08. The maximum Gasteiger partial charge on any atom is 0.490 e. The van der Waals surface area contributed by atoms with Gasteiger partial charge in [-0.25, -0.2) is 13.2 Å². The minimum Gasteiger partial charge on any atom is -0.475 e. The molecule has 0 aromatic heterocycles. The standard InChI is InChI=1S/C14H28N2O2S.C2HF3O2/c17-19(18)11-5-8-14(12-19)16-10-9-15-13-6-3-1-2-4-7-13;3-2(4,5)1(6)7/h13-16H,1-12H2;(H,6,7). The fourth-order valence-electron chi connectivity index (χ4n) is 3.22. The number of aliphatic carboxylic acids is 1. The molecule has 0 aromatic carbocycles. The van der Waals surface area contributed by atoms with E-state index >= 15 is 0 Å². The lowest BCUT2D eigenvalue weighted by molar-refractivity contribution is -0.192. The van der Waals surface area contributed by atoms with Crippen LogP contribution in [0.5, 0.6) is 0 Å². The molecule has 1 heterocycles. The molecular weight excluding hydrogens is 373 g/mol. The molecule has 0 spiro atoms. The third-order valence-corrected chi connectivity index (χ3v) is 6.37. The van der Waals surface area contributed by atoms with E-state index in [1.54, 1.807) is 0 Å². The summed E-state index contributed by atoms with van der Waals surface area (Å²) in [6.45, 7) is 1.85. The number of hydrogen-bond acceptors (Lipinski definition) is 5. The highest BCUT2D eigenvalue weighted by Gasteiger charge is 2.38. The molecule has 0 aromatic rings. The van der Waals surface area contributed by atoms with E-state index in [1.807, 2.05) is 0 Å². The Bertz CT molecular complexity index is 518. The Morgan fingerprint density at radius 2 is 1.38 bits per heavy atom. The van der Waals surface area contributed by atoms with Crippen molar-refractivity contribution in [2.45, 2.75) is 69.6 Å². The quantitative estimate of drug-likeness (QED) is 0.482. The topological polar surface area (TPSA) is 95.5 Å². The van der Waals surface area contributed by atoms with Crippen molar-refractivity contribution >= 4 is 15.8 Å². The summed E-state index contributed by atoms with van der Waals surface area (Å²) in [4.78, 5) is 8.90. The second-order valence-corrected chi connectivity index (χ2v) is 9.08. The summed E-state index contributed by atoms with van der Waals surface area (Å²) >= 11 is 0. The van der Waals surface area contributed by atoms with Crippen LogP contribution in [-0.2, 0) is 14.6 Å². The number of alkyl halides is 3. The van der Waals surface area contributed by atoms with E-state index in [4.69, 9.17) is 9.90 Å². The normalized spacial score (nSPS) is 24.2. The van der Waals surface area contributed by atoms with Gasteiger partial charge in [-0.2, -0.15) is 13.2 Å². The van der Waals surface area contributed by atoms with Gasteiger partial charge in [0.15, 0.2) is 9.84 Å². The predicted molar refractivity (Wildman–Crippen MR) is 92.9 cm³/mol. The van der Waals surface area contributed by atoms with Crippen molar-refractivity contribution < 1.29 is 31.5 Å². The number of carboxylic acid groups (broad SMARTS) is 1. The highest BCUT2D eigenvalue weighted by Crippen LogP contribution is 2.17. The van der Waals surface area contributed by atoms with Gasteiger partial charge in [0, 0.05) is 25.2 Å². The first kappa shape index (κ1) is 23.2. The Hall–Kier alpha value is -0.870. The first-order valence-corrected chi connectivity index (χ1v) is 10.9. The average molecular weight is 402 g/mol. The number of rotatable bonds is 5. The van der Waals surface area contributed by atoms with Crippen molar-refractivity contribution in [3.8, 4) is 0 Å². The van der Waals surface area contributed by atoms with Gasteiger partial charge in [-0.1, -0.05) is 25.7 Å². The molecule has 1 aliphatic carbocycles. The molecular formula is C16H29F3N2O4S.